The quantitative estimate of drug-likeness (QED) is 0.844. The molecule has 1 aromatic carbocycles. The Hall–Kier alpha value is -1.02. The Labute approximate surface area is 98.8 Å². The second-order valence-electron chi connectivity index (χ2n) is 5.49. The molecule has 2 N–H and O–H groups in total. The molecule has 1 atom stereocenters. The lowest BCUT2D eigenvalue weighted by molar-refractivity contribution is 0.241. The van der Waals surface area contributed by atoms with Crippen LogP contribution in [0.5, 0.6) is 5.75 Å². The first-order valence-corrected chi connectivity index (χ1v) is 5.87. The first-order chi connectivity index (χ1) is 7.40. The molecule has 0 aromatic heterocycles. The molecule has 0 saturated carbocycles. The smallest absolute Gasteiger partial charge is 0.124 e. The van der Waals surface area contributed by atoms with Gasteiger partial charge < -0.3 is 10.5 Å². The van der Waals surface area contributed by atoms with E-state index in [1.54, 1.807) is 0 Å². The van der Waals surface area contributed by atoms with Crippen molar-refractivity contribution in [3.8, 4) is 5.75 Å². The molecule has 0 bridgehead atoms. The fraction of sp³-hybridized carbons (Fsp3) is 0.571. The number of para-hydroxylation sites is 1. The monoisotopic (exact) mass is 221 g/mol. The van der Waals surface area contributed by atoms with Crippen molar-refractivity contribution in [2.75, 3.05) is 6.61 Å². The molecule has 1 rings (SSSR count). The molecule has 2 heteroatoms. The minimum atomic E-state index is 0.0193. The number of nitrogens with two attached hydrogens (primary N) is 1. The van der Waals surface area contributed by atoms with Crippen molar-refractivity contribution < 1.29 is 4.74 Å². The van der Waals surface area contributed by atoms with Gasteiger partial charge in [-0.1, -0.05) is 39.0 Å². The summed E-state index contributed by atoms with van der Waals surface area (Å²) in [6.45, 7) is 9.37. The predicted octanol–water partition coefficient (Wildman–Crippen LogP) is 3.52. The molecule has 0 fully saturated rings. The van der Waals surface area contributed by atoms with E-state index in [4.69, 9.17) is 10.5 Å². The molecule has 0 heterocycles. The summed E-state index contributed by atoms with van der Waals surface area (Å²) < 4.78 is 5.79. The fourth-order valence-corrected chi connectivity index (χ4v) is 1.46. The van der Waals surface area contributed by atoms with Crippen molar-refractivity contribution in [3.63, 3.8) is 0 Å². The fourth-order valence-electron chi connectivity index (χ4n) is 1.46. The molecule has 0 amide bonds. The van der Waals surface area contributed by atoms with Crippen LogP contribution >= 0.6 is 0 Å². The van der Waals surface area contributed by atoms with E-state index >= 15 is 0 Å². The minimum absolute atomic E-state index is 0.0193. The lowest BCUT2D eigenvalue weighted by atomic mass is 9.93. The highest BCUT2D eigenvalue weighted by atomic mass is 16.5. The van der Waals surface area contributed by atoms with Crippen LogP contribution in [0.4, 0.5) is 0 Å². The van der Waals surface area contributed by atoms with Crippen LogP contribution in [0.3, 0.4) is 0 Å². The molecule has 2 nitrogen and oxygen atoms in total. The van der Waals surface area contributed by atoms with Gasteiger partial charge in [0.15, 0.2) is 0 Å². The first kappa shape index (κ1) is 13.0. The average molecular weight is 221 g/mol. The van der Waals surface area contributed by atoms with Gasteiger partial charge in [0, 0.05) is 11.6 Å². The number of rotatable bonds is 4. The third-order valence-electron chi connectivity index (χ3n) is 2.52. The maximum Gasteiger partial charge on any atom is 0.124 e. The van der Waals surface area contributed by atoms with Gasteiger partial charge in [0.1, 0.15) is 5.75 Å². The maximum atomic E-state index is 5.89. The summed E-state index contributed by atoms with van der Waals surface area (Å²) >= 11 is 0. The Bertz CT molecular complexity index is 326. The van der Waals surface area contributed by atoms with E-state index in [9.17, 15) is 0 Å². The van der Waals surface area contributed by atoms with Crippen molar-refractivity contribution in [2.45, 2.75) is 40.2 Å². The van der Waals surface area contributed by atoms with E-state index in [1.807, 2.05) is 31.2 Å². The summed E-state index contributed by atoms with van der Waals surface area (Å²) in [5.41, 5.74) is 7.28. The van der Waals surface area contributed by atoms with Gasteiger partial charge in [-0.15, -0.1) is 0 Å². The van der Waals surface area contributed by atoms with E-state index in [0.717, 1.165) is 24.3 Å². The van der Waals surface area contributed by atoms with Gasteiger partial charge in [-0.3, -0.25) is 0 Å². The van der Waals surface area contributed by atoms with Crippen LogP contribution in [0.1, 0.15) is 45.7 Å². The number of hydrogen-bond donors (Lipinski definition) is 1. The maximum absolute atomic E-state index is 5.89. The molecule has 90 valence electrons. The van der Waals surface area contributed by atoms with Crippen molar-refractivity contribution in [1.82, 2.24) is 0 Å². The average Bonchev–Trinajstić information content (AvgIpc) is 2.16. The molecule has 0 spiro atoms. The zero-order chi connectivity index (χ0) is 12.2. The summed E-state index contributed by atoms with van der Waals surface area (Å²) in [5.74, 6) is 0.918. The lowest BCUT2D eigenvalue weighted by Crippen LogP contribution is -2.13. The second-order valence-corrected chi connectivity index (χ2v) is 5.49. The highest BCUT2D eigenvalue weighted by molar-refractivity contribution is 5.35. The van der Waals surface area contributed by atoms with Crippen LogP contribution in [0, 0.1) is 5.41 Å². The van der Waals surface area contributed by atoms with Crippen LogP contribution < -0.4 is 10.5 Å². The van der Waals surface area contributed by atoms with Gasteiger partial charge in [0.05, 0.1) is 6.61 Å². The van der Waals surface area contributed by atoms with Crippen molar-refractivity contribution in [2.24, 2.45) is 11.1 Å². The Morgan fingerprint density at radius 2 is 1.88 bits per heavy atom. The van der Waals surface area contributed by atoms with Gasteiger partial charge in [-0.25, -0.2) is 0 Å². The summed E-state index contributed by atoms with van der Waals surface area (Å²) in [7, 11) is 0. The lowest BCUT2D eigenvalue weighted by Gasteiger charge is -2.19. The van der Waals surface area contributed by atoms with Crippen molar-refractivity contribution in [3.05, 3.63) is 29.8 Å². The first-order valence-electron chi connectivity index (χ1n) is 5.87. The van der Waals surface area contributed by atoms with E-state index < -0.39 is 0 Å². The number of ether oxygens (including phenoxy) is 1. The van der Waals surface area contributed by atoms with Crippen LogP contribution in [0.2, 0.25) is 0 Å². The van der Waals surface area contributed by atoms with Gasteiger partial charge >= 0.3 is 0 Å². The zero-order valence-corrected chi connectivity index (χ0v) is 10.8. The molecule has 16 heavy (non-hydrogen) atoms. The van der Waals surface area contributed by atoms with Gasteiger partial charge in [-0.2, -0.15) is 0 Å². The van der Waals surface area contributed by atoms with Gasteiger partial charge in [0.25, 0.3) is 0 Å². The van der Waals surface area contributed by atoms with Gasteiger partial charge in [-0.05, 0) is 24.8 Å². The van der Waals surface area contributed by atoms with E-state index in [2.05, 4.69) is 20.8 Å². The Morgan fingerprint density at radius 3 is 2.44 bits per heavy atom. The van der Waals surface area contributed by atoms with Crippen LogP contribution in [0.25, 0.3) is 0 Å². The summed E-state index contributed by atoms with van der Waals surface area (Å²) in [5, 5.41) is 0. The topological polar surface area (TPSA) is 35.2 Å². The number of hydrogen-bond acceptors (Lipinski definition) is 2. The minimum Gasteiger partial charge on any atom is -0.493 e. The van der Waals surface area contributed by atoms with E-state index in [1.165, 1.54) is 0 Å². The van der Waals surface area contributed by atoms with Crippen LogP contribution in [-0.2, 0) is 0 Å². The molecule has 0 radical (unpaired) electrons. The van der Waals surface area contributed by atoms with E-state index in [-0.39, 0.29) is 6.04 Å². The predicted molar refractivity (Wildman–Crippen MR) is 68.6 cm³/mol. The molecular weight excluding hydrogens is 198 g/mol. The summed E-state index contributed by atoms with van der Waals surface area (Å²) in [6.07, 6.45) is 1.04. The third-order valence-corrected chi connectivity index (χ3v) is 2.52. The number of benzene rings is 1. The Balaban J connectivity index is 2.60. The molecule has 0 saturated heterocycles. The molecule has 0 unspecified atom stereocenters. The van der Waals surface area contributed by atoms with E-state index in [0.29, 0.717) is 5.41 Å². The summed E-state index contributed by atoms with van der Waals surface area (Å²) in [4.78, 5) is 0. The molecule has 1 aromatic rings. The third kappa shape index (κ3) is 4.23. The Morgan fingerprint density at radius 1 is 1.25 bits per heavy atom. The van der Waals surface area contributed by atoms with Gasteiger partial charge in [0.2, 0.25) is 0 Å². The molecule has 0 aliphatic heterocycles. The van der Waals surface area contributed by atoms with Crippen molar-refractivity contribution >= 4 is 0 Å². The normalized spacial score (nSPS) is 13.6. The van der Waals surface area contributed by atoms with Crippen LogP contribution in [-0.4, -0.2) is 6.61 Å². The molecule has 0 aliphatic rings. The second kappa shape index (κ2) is 5.35. The largest absolute Gasteiger partial charge is 0.493 e. The van der Waals surface area contributed by atoms with Crippen LogP contribution in [0.15, 0.2) is 24.3 Å². The Kier molecular flexibility index (Phi) is 4.36. The van der Waals surface area contributed by atoms with Crippen molar-refractivity contribution in [1.29, 1.82) is 0 Å². The zero-order valence-electron chi connectivity index (χ0n) is 10.8. The molecular formula is C14H23NO. The highest BCUT2D eigenvalue weighted by Crippen LogP contribution is 2.25. The SMILES string of the molecule is C[C@@H](N)c1ccccc1OCCC(C)(C)C. The standard InChI is InChI=1S/C14H23NO/c1-11(15)12-7-5-6-8-13(12)16-10-9-14(2,3)4/h5-8,11H,9-10,15H2,1-4H3/t11-/m1/s1. The highest BCUT2D eigenvalue weighted by Gasteiger charge is 2.11. The molecule has 0 aliphatic carbocycles. The summed E-state index contributed by atoms with van der Waals surface area (Å²) in [6, 6.07) is 8.01.